The molecule has 0 saturated carbocycles. The first-order valence-corrected chi connectivity index (χ1v) is 0. The Bertz CT molecular complexity index is 9.22. The van der Waals surface area contributed by atoms with Crippen LogP contribution in [0.25, 0.3) is 0 Å². The summed E-state index contributed by atoms with van der Waals surface area (Å²) >= 11 is 0. The molecule has 0 rings (SSSR count). The molecule has 0 amide bonds. The molecule has 0 saturated heterocycles. The zero-order chi connectivity index (χ0) is 0. The second kappa shape index (κ2) is 1090. The van der Waals surface area contributed by atoms with Gasteiger partial charge in [-0.15, -0.1) is 12.4 Å². The van der Waals surface area contributed by atoms with Gasteiger partial charge in [0.25, 0.3) is 0 Å². The van der Waals surface area contributed by atoms with E-state index in [1.807, 2.05) is 0 Å². The van der Waals surface area contributed by atoms with Crippen LogP contribution in [-0.4, -0.2) is 43.8 Å². The molecule has 0 aliphatic rings. The van der Waals surface area contributed by atoms with Crippen LogP contribution >= 0.6 is 12.4 Å². The molecule has 10 heteroatoms. The van der Waals surface area contributed by atoms with Gasteiger partial charge in [0.1, 0.15) is 0 Å². The zero-order valence-corrected chi connectivity index (χ0v) is 9.32. The Balaban J connectivity index is 0. The van der Waals surface area contributed by atoms with Gasteiger partial charge in [-0.1, -0.05) is 0 Å². The molecule has 0 atom stereocenters. The van der Waals surface area contributed by atoms with Gasteiger partial charge >= 0.3 is 0 Å². The molecule has 8 nitrogen and oxygen atoms in total. The fourth-order valence-electron chi connectivity index (χ4n) is 0. The number of hydrogen-bond acceptors (Lipinski definition) is 0. The van der Waals surface area contributed by atoms with E-state index in [4.69, 9.17) is 0 Å². The van der Waals surface area contributed by atoms with Crippen LogP contribution in [0, 0.1) is 0 Å². The monoisotopic (exact) mass is 360 g/mol. The van der Waals surface area contributed by atoms with Gasteiger partial charge < -0.3 is 43.8 Å². The van der Waals surface area contributed by atoms with Gasteiger partial charge in [0.15, 0.2) is 0 Å². The summed E-state index contributed by atoms with van der Waals surface area (Å²) in [7, 11) is 0. The normalized spacial score (nSPS) is 0. The molecule has 0 heterocycles. The number of hydrogen-bond donors (Lipinski definition) is 0. The van der Waals surface area contributed by atoms with E-state index in [9.17, 15) is 0 Å². The zero-order valence-electron chi connectivity index (χ0n) is 4.91. The quantitative estimate of drug-likeness (QED) is 0.366. The van der Waals surface area contributed by atoms with Crippen LogP contribution in [-0.2, 0) is 25.8 Å². The van der Waals surface area contributed by atoms with Crippen molar-refractivity contribution in [3.05, 3.63) is 0 Å². The maximum Gasteiger partial charge on any atom is 0 e. The van der Waals surface area contributed by atoms with Crippen LogP contribution in [0.1, 0.15) is 0 Å². The first-order valence-electron chi connectivity index (χ1n) is 0. The molecule has 76 valence electrons. The van der Waals surface area contributed by atoms with Gasteiger partial charge in [-0.05, 0) is 0 Å². The minimum atomic E-state index is 0. The van der Waals surface area contributed by atoms with Crippen LogP contribution in [0.4, 0.5) is 0 Å². The summed E-state index contributed by atoms with van der Waals surface area (Å²) in [6, 6.07) is 0. The van der Waals surface area contributed by atoms with Gasteiger partial charge in [0.05, 0.1) is 0 Å². The van der Waals surface area contributed by atoms with Crippen molar-refractivity contribution in [3.63, 3.8) is 0 Å². The third kappa shape index (κ3) is 770. The Morgan fingerprint density at radius 3 is 0.300 bits per heavy atom. The fourth-order valence-corrected chi connectivity index (χ4v) is 0. The largest absolute Gasteiger partial charge is 0.412 e. The van der Waals surface area contributed by atoms with Crippen LogP contribution in [0.5, 0.6) is 0 Å². The Kier molecular flexibility index (Phi) is 162000. The third-order valence-corrected chi connectivity index (χ3v) is 0. The van der Waals surface area contributed by atoms with Gasteiger partial charge in [-0.3, -0.25) is 0 Å². The second-order valence-corrected chi connectivity index (χ2v) is 0. The van der Waals surface area contributed by atoms with Crippen LogP contribution in [0.2, 0.25) is 0 Å². The van der Waals surface area contributed by atoms with Crippen molar-refractivity contribution in [2.24, 2.45) is 0 Å². The summed E-state index contributed by atoms with van der Waals surface area (Å²) in [5.41, 5.74) is 0. The van der Waals surface area contributed by atoms with Crippen molar-refractivity contribution >= 4 is 12.4 Å². The number of halogens is 1. The predicted molar refractivity (Wildman–Crippen MR) is 36.2 cm³/mol. The van der Waals surface area contributed by atoms with Crippen molar-refractivity contribution < 1.29 is 69.7 Å². The van der Waals surface area contributed by atoms with Gasteiger partial charge in [0, 0.05) is 25.8 Å². The summed E-state index contributed by atoms with van der Waals surface area (Å²) in [6.07, 6.45) is 0. The topological polar surface area (TPSA) is 252 Å². The predicted octanol–water partition coefficient (Wildman–Crippen LogP) is -6.18. The average molecular weight is 359 g/mol. The van der Waals surface area contributed by atoms with E-state index in [0.29, 0.717) is 0 Å². The first-order chi connectivity index (χ1) is 0. The van der Waals surface area contributed by atoms with Crippen LogP contribution < -0.4 is 0 Å². The van der Waals surface area contributed by atoms with E-state index in [1.165, 1.54) is 0 Å². The van der Waals surface area contributed by atoms with Gasteiger partial charge in [0.2, 0.25) is 0 Å². The molecule has 16 N–H and O–H groups in total. The van der Waals surface area contributed by atoms with E-state index >= 15 is 0 Å². The van der Waals surface area contributed by atoms with Crippen molar-refractivity contribution in [2.75, 3.05) is 0 Å². The molecule has 0 bridgehead atoms. The molecular formula is H17ClHfO8. The Morgan fingerprint density at radius 2 is 0.300 bits per heavy atom. The summed E-state index contributed by atoms with van der Waals surface area (Å²) in [5.74, 6) is 0. The molecule has 0 spiro atoms. The van der Waals surface area contributed by atoms with Crippen LogP contribution in [0.3, 0.4) is 0 Å². The fraction of sp³-hybridized carbons (Fsp3) is 0. The van der Waals surface area contributed by atoms with Crippen molar-refractivity contribution in [1.29, 1.82) is 0 Å². The van der Waals surface area contributed by atoms with E-state index in [1.54, 1.807) is 0 Å². The van der Waals surface area contributed by atoms with Crippen molar-refractivity contribution in [1.82, 2.24) is 0 Å². The summed E-state index contributed by atoms with van der Waals surface area (Å²) < 4.78 is 0. The van der Waals surface area contributed by atoms with E-state index < -0.39 is 0 Å². The molecule has 0 unspecified atom stereocenters. The maximum atomic E-state index is 0. The SMILES string of the molecule is Cl.O.O.O.O.O.O.O.O.[Hf]. The van der Waals surface area contributed by atoms with E-state index in [2.05, 4.69) is 0 Å². The molecular weight excluding hydrogens is 342 g/mol. The van der Waals surface area contributed by atoms with E-state index in [0.717, 1.165) is 0 Å². The van der Waals surface area contributed by atoms with E-state index in [-0.39, 0.29) is 82.1 Å². The molecule has 0 aliphatic carbocycles. The van der Waals surface area contributed by atoms with Gasteiger partial charge in [-0.2, -0.15) is 0 Å². The Morgan fingerprint density at radius 1 is 0.300 bits per heavy atom. The number of rotatable bonds is 0. The third-order valence-electron chi connectivity index (χ3n) is 0. The summed E-state index contributed by atoms with van der Waals surface area (Å²) in [6.45, 7) is 0. The smallest absolute Gasteiger partial charge is 0 e. The minimum Gasteiger partial charge on any atom is -0.412 e. The Hall–Kier alpha value is 0.840. The second-order valence-electron chi connectivity index (χ2n) is 0. The summed E-state index contributed by atoms with van der Waals surface area (Å²) in [5, 5.41) is 0. The Labute approximate surface area is 82.3 Å². The van der Waals surface area contributed by atoms with Crippen molar-refractivity contribution in [3.8, 4) is 0 Å². The average Bonchev–Trinajstić information content (AvgIpc) is 0. The van der Waals surface area contributed by atoms with Crippen molar-refractivity contribution in [2.45, 2.75) is 0 Å². The molecule has 0 aromatic heterocycles. The molecule has 0 aromatic rings. The molecule has 0 aromatic carbocycles. The maximum absolute atomic E-state index is 0. The molecule has 10 heavy (non-hydrogen) atoms. The molecule has 0 aliphatic heterocycles. The standard InChI is InChI=1S/ClH.Hf.8H2O/h1H;;8*1H2. The van der Waals surface area contributed by atoms with Gasteiger partial charge in [-0.25, -0.2) is 0 Å². The minimum absolute atomic E-state index is 0. The first kappa shape index (κ1) is 1490. The molecule has 0 fully saturated rings. The molecule has 0 radical (unpaired) electrons. The summed E-state index contributed by atoms with van der Waals surface area (Å²) in [4.78, 5) is 0. The van der Waals surface area contributed by atoms with Crippen LogP contribution in [0.15, 0.2) is 0 Å².